The Balaban J connectivity index is 1.74. The van der Waals surface area contributed by atoms with Crippen LogP contribution >= 0.6 is 12.2 Å². The predicted octanol–water partition coefficient (Wildman–Crippen LogP) is 2.71. The summed E-state index contributed by atoms with van der Waals surface area (Å²) in [5.41, 5.74) is 8.59. The number of esters is 1. The highest BCUT2D eigenvalue weighted by atomic mass is 32.1. The largest absolute Gasteiger partial charge is 0.459 e. The molecule has 7 nitrogen and oxygen atoms in total. The van der Waals surface area contributed by atoms with Gasteiger partial charge in [0.2, 0.25) is 0 Å². The fourth-order valence-electron chi connectivity index (χ4n) is 2.70. The lowest BCUT2D eigenvalue weighted by Gasteiger charge is -2.19. The Labute approximate surface area is 173 Å². The lowest BCUT2D eigenvalue weighted by molar-refractivity contribution is -0.153. The quantitative estimate of drug-likeness (QED) is 0.496. The molecule has 0 spiro atoms. The van der Waals surface area contributed by atoms with Crippen LogP contribution in [0.3, 0.4) is 0 Å². The van der Waals surface area contributed by atoms with Gasteiger partial charge in [-0.2, -0.15) is 0 Å². The Morgan fingerprint density at radius 2 is 1.76 bits per heavy atom. The van der Waals surface area contributed by atoms with Crippen molar-refractivity contribution in [2.75, 3.05) is 6.54 Å². The zero-order valence-corrected chi connectivity index (χ0v) is 17.2. The zero-order valence-electron chi connectivity index (χ0n) is 16.4. The van der Waals surface area contributed by atoms with E-state index in [1.807, 2.05) is 30.5 Å². The second-order valence-electron chi connectivity index (χ2n) is 7.52. The minimum absolute atomic E-state index is 0.196. The van der Waals surface area contributed by atoms with Crippen LogP contribution in [-0.2, 0) is 9.53 Å². The SMILES string of the molecule is CC(C)(C)OC(=O)CNC(=O)c1ccc2nc(-c3ccc(C(N)=S)cc3)cn2c1. The number of pyridine rings is 1. The Morgan fingerprint density at radius 1 is 1.10 bits per heavy atom. The van der Waals surface area contributed by atoms with Crippen LogP contribution in [0.5, 0.6) is 0 Å². The first kappa shape index (κ1) is 20.5. The van der Waals surface area contributed by atoms with Gasteiger partial charge in [0.05, 0.1) is 11.3 Å². The Hall–Kier alpha value is -3.26. The average molecular weight is 410 g/mol. The number of rotatable bonds is 5. The van der Waals surface area contributed by atoms with E-state index in [2.05, 4.69) is 10.3 Å². The molecule has 29 heavy (non-hydrogen) atoms. The highest BCUT2D eigenvalue weighted by Gasteiger charge is 2.17. The van der Waals surface area contributed by atoms with E-state index in [4.69, 9.17) is 22.7 Å². The summed E-state index contributed by atoms with van der Waals surface area (Å²) in [6.45, 7) is 5.12. The summed E-state index contributed by atoms with van der Waals surface area (Å²) in [7, 11) is 0. The minimum Gasteiger partial charge on any atom is -0.459 e. The number of benzene rings is 1. The van der Waals surface area contributed by atoms with Crippen molar-refractivity contribution in [3.63, 3.8) is 0 Å². The number of nitrogens with zero attached hydrogens (tertiary/aromatic N) is 2. The molecule has 0 aliphatic heterocycles. The third-order valence-electron chi connectivity index (χ3n) is 3.99. The first-order valence-corrected chi connectivity index (χ1v) is 9.42. The molecule has 0 aliphatic carbocycles. The molecular formula is C21H22N4O3S. The smallest absolute Gasteiger partial charge is 0.325 e. The molecule has 2 aromatic heterocycles. The van der Waals surface area contributed by atoms with Gasteiger partial charge in [-0.25, -0.2) is 4.98 Å². The lowest BCUT2D eigenvalue weighted by atomic mass is 10.1. The van der Waals surface area contributed by atoms with Crippen molar-refractivity contribution in [2.24, 2.45) is 5.73 Å². The van der Waals surface area contributed by atoms with Crippen LogP contribution < -0.4 is 11.1 Å². The van der Waals surface area contributed by atoms with Crippen LogP contribution in [0.4, 0.5) is 0 Å². The van der Waals surface area contributed by atoms with Gasteiger partial charge in [0.15, 0.2) is 0 Å². The van der Waals surface area contributed by atoms with Crippen LogP contribution in [-0.4, -0.2) is 38.4 Å². The maximum Gasteiger partial charge on any atom is 0.325 e. The third kappa shape index (κ3) is 5.17. The number of nitrogens with one attached hydrogen (secondary N) is 1. The number of hydrogen-bond acceptors (Lipinski definition) is 5. The van der Waals surface area contributed by atoms with Gasteiger partial charge in [-0.15, -0.1) is 0 Å². The fraction of sp³-hybridized carbons (Fsp3) is 0.238. The highest BCUT2D eigenvalue weighted by molar-refractivity contribution is 7.80. The van der Waals surface area contributed by atoms with Crippen LogP contribution in [0, 0.1) is 0 Å². The Kier molecular flexibility index (Phi) is 5.65. The van der Waals surface area contributed by atoms with E-state index in [0.29, 0.717) is 16.2 Å². The maximum atomic E-state index is 12.4. The summed E-state index contributed by atoms with van der Waals surface area (Å²) in [5.74, 6) is -0.855. The van der Waals surface area contributed by atoms with Crippen molar-refractivity contribution in [3.05, 3.63) is 59.9 Å². The zero-order chi connectivity index (χ0) is 21.2. The topological polar surface area (TPSA) is 98.7 Å². The van der Waals surface area contributed by atoms with Gasteiger partial charge in [-0.3, -0.25) is 9.59 Å². The summed E-state index contributed by atoms with van der Waals surface area (Å²) < 4.78 is 6.95. The molecule has 0 unspecified atom stereocenters. The van der Waals surface area contributed by atoms with Crippen molar-refractivity contribution in [1.29, 1.82) is 0 Å². The summed E-state index contributed by atoms with van der Waals surface area (Å²) in [4.78, 5) is 29.0. The molecule has 150 valence electrons. The number of carbonyl (C=O) groups is 2. The number of ether oxygens (including phenoxy) is 1. The predicted molar refractivity (Wildman–Crippen MR) is 115 cm³/mol. The van der Waals surface area contributed by atoms with E-state index >= 15 is 0 Å². The number of fused-ring (bicyclic) bond motifs is 1. The fourth-order valence-corrected chi connectivity index (χ4v) is 2.84. The summed E-state index contributed by atoms with van der Waals surface area (Å²) in [5, 5.41) is 2.57. The third-order valence-corrected chi connectivity index (χ3v) is 4.23. The molecule has 3 N–H and O–H groups in total. The molecule has 0 saturated heterocycles. The van der Waals surface area contributed by atoms with Gasteiger partial charge in [-0.05, 0) is 32.9 Å². The van der Waals surface area contributed by atoms with Gasteiger partial charge >= 0.3 is 5.97 Å². The molecule has 0 aliphatic rings. The normalized spacial score (nSPS) is 11.3. The van der Waals surface area contributed by atoms with Crippen molar-refractivity contribution < 1.29 is 14.3 Å². The van der Waals surface area contributed by atoms with E-state index in [0.717, 1.165) is 16.8 Å². The number of thiocarbonyl (C=S) groups is 1. The first-order valence-electron chi connectivity index (χ1n) is 9.01. The van der Waals surface area contributed by atoms with Gasteiger partial charge in [0, 0.05) is 23.5 Å². The average Bonchev–Trinajstić information content (AvgIpc) is 3.08. The molecule has 1 amide bonds. The van der Waals surface area contributed by atoms with Gasteiger partial charge in [0.25, 0.3) is 5.91 Å². The minimum atomic E-state index is -0.596. The van der Waals surface area contributed by atoms with Crippen LogP contribution in [0.15, 0.2) is 48.8 Å². The summed E-state index contributed by atoms with van der Waals surface area (Å²) >= 11 is 4.97. The van der Waals surface area contributed by atoms with Crippen molar-refractivity contribution >= 4 is 34.7 Å². The second-order valence-corrected chi connectivity index (χ2v) is 7.96. The highest BCUT2D eigenvalue weighted by Crippen LogP contribution is 2.20. The van der Waals surface area contributed by atoms with Crippen LogP contribution in [0.1, 0.15) is 36.7 Å². The number of nitrogens with two attached hydrogens (primary N) is 1. The molecule has 0 fully saturated rings. The number of hydrogen-bond donors (Lipinski definition) is 2. The van der Waals surface area contributed by atoms with Gasteiger partial charge in [-0.1, -0.05) is 36.5 Å². The molecule has 0 bridgehead atoms. The van der Waals surface area contributed by atoms with Gasteiger partial charge < -0.3 is 20.2 Å². The molecule has 2 heterocycles. The van der Waals surface area contributed by atoms with Crippen molar-refractivity contribution in [2.45, 2.75) is 26.4 Å². The molecule has 8 heteroatoms. The number of carbonyl (C=O) groups excluding carboxylic acids is 2. The van der Waals surface area contributed by atoms with Crippen LogP contribution in [0.25, 0.3) is 16.9 Å². The first-order chi connectivity index (χ1) is 13.6. The standard InChI is InChI=1S/C21H22N4O3S/c1-21(2,3)28-18(26)10-23-20(27)15-8-9-17-24-16(12-25(17)11-15)13-4-6-14(7-5-13)19(22)29/h4-9,11-12H,10H2,1-3H3,(H2,22,29)(H,23,27). The van der Waals surface area contributed by atoms with E-state index in [9.17, 15) is 9.59 Å². The van der Waals surface area contributed by atoms with Gasteiger partial charge in [0.1, 0.15) is 22.8 Å². The van der Waals surface area contributed by atoms with E-state index in [1.165, 1.54) is 0 Å². The maximum absolute atomic E-state index is 12.4. The lowest BCUT2D eigenvalue weighted by Crippen LogP contribution is -2.34. The van der Waals surface area contributed by atoms with E-state index in [1.54, 1.807) is 43.5 Å². The molecular weight excluding hydrogens is 388 g/mol. The summed E-state index contributed by atoms with van der Waals surface area (Å²) in [6, 6.07) is 10.9. The number of imidazole rings is 1. The van der Waals surface area contributed by atoms with Crippen LogP contribution in [0.2, 0.25) is 0 Å². The monoisotopic (exact) mass is 410 g/mol. The van der Waals surface area contributed by atoms with E-state index < -0.39 is 11.6 Å². The molecule has 0 radical (unpaired) electrons. The molecule has 1 aromatic carbocycles. The molecule has 0 atom stereocenters. The van der Waals surface area contributed by atoms with Crippen molar-refractivity contribution in [1.82, 2.24) is 14.7 Å². The number of amides is 1. The molecule has 3 aromatic rings. The van der Waals surface area contributed by atoms with E-state index in [-0.39, 0.29) is 12.5 Å². The Bertz CT molecular complexity index is 1080. The number of aromatic nitrogens is 2. The Morgan fingerprint density at radius 3 is 2.38 bits per heavy atom. The molecule has 0 saturated carbocycles. The van der Waals surface area contributed by atoms with Crippen molar-refractivity contribution in [3.8, 4) is 11.3 Å². The summed E-state index contributed by atoms with van der Waals surface area (Å²) in [6.07, 6.45) is 3.50. The molecule has 3 rings (SSSR count). The second kappa shape index (κ2) is 8.00.